The highest BCUT2D eigenvalue weighted by atomic mass is 16.1. The Bertz CT molecular complexity index is 788. The number of benzene rings is 1. The molecule has 0 radical (unpaired) electrons. The summed E-state index contributed by atoms with van der Waals surface area (Å²) in [4.78, 5) is 19.4. The third-order valence-corrected chi connectivity index (χ3v) is 5.79. The molecule has 0 aliphatic heterocycles. The molecule has 2 aromatic rings. The van der Waals surface area contributed by atoms with Crippen molar-refractivity contribution in [1.29, 1.82) is 0 Å². The van der Waals surface area contributed by atoms with Gasteiger partial charge in [0.25, 0.3) is 5.91 Å². The predicted molar refractivity (Wildman–Crippen MR) is 116 cm³/mol. The minimum Gasteiger partial charge on any atom is -0.346 e. The van der Waals surface area contributed by atoms with Gasteiger partial charge in [-0.25, -0.2) is 0 Å². The molecule has 1 amide bonds. The summed E-state index contributed by atoms with van der Waals surface area (Å²) in [5.41, 5.74) is 4.08. The molecule has 0 bridgehead atoms. The maximum atomic E-state index is 12.7. The number of nitrogens with zero attached hydrogens (tertiary/aromatic N) is 2. The van der Waals surface area contributed by atoms with E-state index in [2.05, 4.69) is 74.3 Å². The van der Waals surface area contributed by atoms with Crippen LogP contribution in [-0.4, -0.2) is 42.0 Å². The van der Waals surface area contributed by atoms with Gasteiger partial charge in [0.2, 0.25) is 0 Å². The monoisotopic (exact) mass is 379 g/mol. The number of amides is 1. The van der Waals surface area contributed by atoms with E-state index < -0.39 is 0 Å². The Morgan fingerprint density at radius 2 is 1.64 bits per heavy atom. The second kappa shape index (κ2) is 8.44. The largest absolute Gasteiger partial charge is 0.346 e. The Hall–Kier alpha value is -2.20. The number of hydrogen-bond donors (Lipinski definition) is 1. The number of hydrogen-bond acceptors (Lipinski definition) is 3. The van der Waals surface area contributed by atoms with Crippen molar-refractivity contribution < 1.29 is 4.79 Å². The average molecular weight is 380 g/mol. The molecular formula is C24H33N3O. The summed E-state index contributed by atoms with van der Waals surface area (Å²) >= 11 is 0. The van der Waals surface area contributed by atoms with Crippen LogP contribution in [0.5, 0.6) is 0 Å². The molecule has 1 aromatic carbocycles. The van der Waals surface area contributed by atoms with Crippen LogP contribution in [0.15, 0.2) is 42.6 Å². The summed E-state index contributed by atoms with van der Waals surface area (Å²) in [6, 6.07) is 13.0. The van der Waals surface area contributed by atoms with Crippen LogP contribution in [0.3, 0.4) is 0 Å². The molecule has 0 saturated heterocycles. The molecule has 28 heavy (non-hydrogen) atoms. The first-order valence-corrected chi connectivity index (χ1v) is 10.3. The summed E-state index contributed by atoms with van der Waals surface area (Å²) in [5.74, 6) is -0.0756. The Kier molecular flexibility index (Phi) is 6.19. The van der Waals surface area contributed by atoms with Gasteiger partial charge in [-0.2, -0.15) is 0 Å². The van der Waals surface area contributed by atoms with Gasteiger partial charge in [0, 0.05) is 23.8 Å². The summed E-state index contributed by atoms with van der Waals surface area (Å²) < 4.78 is 0. The quantitative estimate of drug-likeness (QED) is 0.841. The maximum Gasteiger partial charge on any atom is 0.270 e. The lowest BCUT2D eigenvalue weighted by Gasteiger charge is -2.36. The number of carbonyl (C=O) groups excluding carboxylic acids is 1. The predicted octanol–water partition coefficient (Wildman–Crippen LogP) is 4.65. The fraction of sp³-hybridized carbons (Fsp3) is 0.500. The van der Waals surface area contributed by atoms with E-state index in [0.717, 1.165) is 24.0 Å². The first-order chi connectivity index (χ1) is 13.3. The molecule has 1 saturated carbocycles. The van der Waals surface area contributed by atoms with Crippen LogP contribution in [0.1, 0.15) is 62.5 Å². The number of nitrogens with one attached hydrogen (secondary N) is 1. The van der Waals surface area contributed by atoms with E-state index in [1.165, 1.54) is 18.4 Å². The van der Waals surface area contributed by atoms with Gasteiger partial charge in [-0.05, 0) is 49.5 Å². The van der Waals surface area contributed by atoms with Crippen LogP contribution in [0.25, 0.3) is 11.1 Å². The van der Waals surface area contributed by atoms with Crippen LogP contribution in [0.2, 0.25) is 0 Å². The Labute approximate surface area is 169 Å². The zero-order valence-corrected chi connectivity index (χ0v) is 17.8. The molecule has 1 aromatic heterocycles. The molecule has 150 valence electrons. The van der Waals surface area contributed by atoms with Crippen molar-refractivity contribution in [2.45, 2.75) is 64.0 Å². The number of rotatable bonds is 4. The fourth-order valence-corrected chi connectivity index (χ4v) is 4.00. The zero-order chi connectivity index (χ0) is 20.3. The first kappa shape index (κ1) is 20.5. The van der Waals surface area contributed by atoms with Gasteiger partial charge >= 0.3 is 0 Å². The molecule has 1 fully saturated rings. The average Bonchev–Trinajstić information content (AvgIpc) is 2.68. The van der Waals surface area contributed by atoms with Gasteiger partial charge in [-0.1, -0.05) is 63.9 Å². The minimum atomic E-state index is -0.0756. The summed E-state index contributed by atoms with van der Waals surface area (Å²) in [7, 11) is 4.18. The van der Waals surface area contributed by atoms with E-state index >= 15 is 0 Å². The zero-order valence-electron chi connectivity index (χ0n) is 17.8. The van der Waals surface area contributed by atoms with E-state index in [-0.39, 0.29) is 17.4 Å². The highest BCUT2D eigenvalue weighted by Gasteiger charge is 2.28. The first-order valence-electron chi connectivity index (χ1n) is 10.3. The molecular weight excluding hydrogens is 346 g/mol. The number of aromatic nitrogens is 1. The smallest absolute Gasteiger partial charge is 0.270 e. The molecule has 1 aliphatic rings. The van der Waals surface area contributed by atoms with Gasteiger partial charge in [0.05, 0.1) is 0 Å². The van der Waals surface area contributed by atoms with Gasteiger partial charge < -0.3 is 10.2 Å². The Morgan fingerprint density at radius 1 is 1.00 bits per heavy atom. The van der Waals surface area contributed by atoms with Crippen LogP contribution < -0.4 is 5.32 Å². The molecule has 0 spiro atoms. The highest BCUT2D eigenvalue weighted by Crippen LogP contribution is 2.26. The second-order valence-electron chi connectivity index (χ2n) is 9.15. The Balaban J connectivity index is 1.69. The van der Waals surface area contributed by atoms with Crippen molar-refractivity contribution in [1.82, 2.24) is 15.2 Å². The number of carbonyl (C=O) groups is 1. The van der Waals surface area contributed by atoms with Crippen molar-refractivity contribution in [3.63, 3.8) is 0 Å². The highest BCUT2D eigenvalue weighted by molar-refractivity contribution is 5.92. The van der Waals surface area contributed by atoms with Crippen molar-refractivity contribution >= 4 is 5.91 Å². The molecule has 1 aliphatic carbocycles. The van der Waals surface area contributed by atoms with E-state index in [9.17, 15) is 4.79 Å². The van der Waals surface area contributed by atoms with E-state index in [0.29, 0.717) is 11.7 Å². The normalized spacial score (nSPS) is 20.2. The summed E-state index contributed by atoms with van der Waals surface area (Å²) in [5, 5.41) is 3.21. The molecule has 4 heteroatoms. The third kappa shape index (κ3) is 4.79. The lowest BCUT2D eigenvalue weighted by atomic mass is 9.86. The van der Waals surface area contributed by atoms with E-state index in [4.69, 9.17) is 0 Å². The molecule has 4 nitrogen and oxygen atoms in total. The molecule has 2 atom stereocenters. The van der Waals surface area contributed by atoms with Crippen LogP contribution >= 0.6 is 0 Å². The maximum absolute atomic E-state index is 12.7. The van der Waals surface area contributed by atoms with Gasteiger partial charge in [0.1, 0.15) is 5.69 Å². The third-order valence-electron chi connectivity index (χ3n) is 5.79. The molecule has 3 rings (SSSR count). The van der Waals surface area contributed by atoms with Crippen molar-refractivity contribution in [2.24, 2.45) is 0 Å². The van der Waals surface area contributed by atoms with Crippen molar-refractivity contribution in [3.05, 3.63) is 53.9 Å². The fourth-order valence-electron chi connectivity index (χ4n) is 4.00. The number of likely N-dealkylation sites (N-methyl/N-ethyl adjacent to an activating group) is 1. The van der Waals surface area contributed by atoms with Crippen LogP contribution in [0, 0.1) is 0 Å². The standard InChI is InChI=1S/C24H33N3O/c1-24(2,3)19-13-10-17(11-14-19)18-12-15-21(25-16-18)23(28)26-20-8-6-7-9-22(20)27(4)5/h10-16,20,22H,6-9H2,1-5H3,(H,26,28). The van der Waals surface area contributed by atoms with Crippen molar-refractivity contribution in [2.75, 3.05) is 14.1 Å². The second-order valence-corrected chi connectivity index (χ2v) is 9.15. The number of pyridine rings is 1. The summed E-state index contributed by atoms with van der Waals surface area (Å²) in [6.45, 7) is 6.64. The van der Waals surface area contributed by atoms with Crippen molar-refractivity contribution in [3.8, 4) is 11.1 Å². The van der Waals surface area contributed by atoms with Gasteiger partial charge in [0.15, 0.2) is 0 Å². The molecule has 1 N–H and O–H groups in total. The minimum absolute atomic E-state index is 0.0756. The lowest BCUT2D eigenvalue weighted by Crippen LogP contribution is -2.51. The lowest BCUT2D eigenvalue weighted by molar-refractivity contribution is 0.0878. The summed E-state index contributed by atoms with van der Waals surface area (Å²) in [6.07, 6.45) is 6.37. The van der Waals surface area contributed by atoms with Crippen LogP contribution in [-0.2, 0) is 5.41 Å². The molecule has 2 unspecified atom stereocenters. The van der Waals surface area contributed by atoms with E-state index in [1.54, 1.807) is 6.20 Å². The van der Waals surface area contributed by atoms with Gasteiger partial charge in [-0.15, -0.1) is 0 Å². The SMILES string of the molecule is CN(C)C1CCCCC1NC(=O)c1ccc(-c2ccc(C(C)(C)C)cc2)cn1. The van der Waals surface area contributed by atoms with Crippen LogP contribution in [0.4, 0.5) is 0 Å². The Morgan fingerprint density at radius 3 is 2.21 bits per heavy atom. The molecule has 1 heterocycles. The van der Waals surface area contributed by atoms with Gasteiger partial charge in [-0.3, -0.25) is 9.78 Å². The topological polar surface area (TPSA) is 45.2 Å². The van der Waals surface area contributed by atoms with E-state index in [1.807, 2.05) is 12.1 Å².